The molecular formula is C16H12ClN3O5S. The van der Waals surface area contributed by atoms with E-state index in [1.807, 2.05) is 4.98 Å². The summed E-state index contributed by atoms with van der Waals surface area (Å²) in [6.07, 6.45) is 0.811. The number of hydrogen-bond acceptors (Lipinski definition) is 5. The number of anilines is 1. The standard InChI is InChI=1S/C16H12ClN3O5S/c17-10-6-7-13(25-11-4-2-1-3-5-11)12(8-10)20-26(23,24)14-9-18-16(22)19-15(14)21/h1-9,20H,(H2,18,19,21,22). The van der Waals surface area contributed by atoms with Gasteiger partial charge in [0, 0.05) is 11.2 Å². The molecule has 0 saturated heterocycles. The highest BCUT2D eigenvalue weighted by Gasteiger charge is 2.21. The first-order valence-corrected chi connectivity index (χ1v) is 9.08. The summed E-state index contributed by atoms with van der Waals surface area (Å²) in [7, 11) is -4.29. The zero-order valence-corrected chi connectivity index (χ0v) is 14.6. The first-order chi connectivity index (χ1) is 12.3. The second-order valence-electron chi connectivity index (χ2n) is 5.10. The molecule has 3 rings (SSSR count). The highest BCUT2D eigenvalue weighted by Crippen LogP contribution is 2.33. The van der Waals surface area contributed by atoms with Crippen molar-refractivity contribution in [2.45, 2.75) is 4.90 Å². The van der Waals surface area contributed by atoms with E-state index in [0.29, 0.717) is 5.75 Å². The van der Waals surface area contributed by atoms with Gasteiger partial charge in [-0.15, -0.1) is 0 Å². The van der Waals surface area contributed by atoms with E-state index in [2.05, 4.69) is 9.71 Å². The Labute approximate surface area is 152 Å². The van der Waals surface area contributed by atoms with E-state index in [1.54, 1.807) is 30.3 Å². The third-order valence-electron chi connectivity index (χ3n) is 3.23. The van der Waals surface area contributed by atoms with Gasteiger partial charge in [-0.1, -0.05) is 29.8 Å². The van der Waals surface area contributed by atoms with Gasteiger partial charge in [0.2, 0.25) is 0 Å². The number of hydrogen-bond donors (Lipinski definition) is 3. The molecule has 0 fully saturated rings. The van der Waals surface area contributed by atoms with Crippen molar-refractivity contribution in [3.8, 4) is 11.5 Å². The maximum atomic E-state index is 12.5. The maximum Gasteiger partial charge on any atom is 0.325 e. The average Bonchev–Trinajstić information content (AvgIpc) is 2.57. The number of aromatic amines is 2. The van der Waals surface area contributed by atoms with Gasteiger partial charge < -0.3 is 9.72 Å². The summed E-state index contributed by atoms with van der Waals surface area (Å²) in [5, 5.41) is 0.262. The summed E-state index contributed by atoms with van der Waals surface area (Å²) >= 11 is 5.94. The van der Waals surface area contributed by atoms with Gasteiger partial charge in [0.05, 0.1) is 5.69 Å². The average molecular weight is 394 g/mol. The number of aromatic nitrogens is 2. The van der Waals surface area contributed by atoms with Crippen molar-refractivity contribution in [1.29, 1.82) is 0 Å². The van der Waals surface area contributed by atoms with Crippen LogP contribution in [-0.4, -0.2) is 18.4 Å². The van der Waals surface area contributed by atoms with Crippen LogP contribution in [-0.2, 0) is 10.0 Å². The topological polar surface area (TPSA) is 121 Å². The summed E-state index contributed by atoms with van der Waals surface area (Å²) in [5.74, 6) is 0.669. The minimum Gasteiger partial charge on any atom is -0.455 e. The molecule has 2 aromatic carbocycles. The zero-order valence-electron chi connectivity index (χ0n) is 13.0. The van der Waals surface area contributed by atoms with E-state index in [4.69, 9.17) is 16.3 Å². The Kier molecular flexibility index (Phi) is 4.83. The number of H-pyrrole nitrogens is 2. The van der Waals surface area contributed by atoms with Crippen molar-refractivity contribution in [2.24, 2.45) is 0 Å². The quantitative estimate of drug-likeness (QED) is 0.614. The summed E-state index contributed by atoms with van der Waals surface area (Å²) in [6, 6.07) is 13.1. The van der Waals surface area contributed by atoms with E-state index in [0.717, 1.165) is 6.20 Å². The normalized spacial score (nSPS) is 11.1. The van der Waals surface area contributed by atoms with E-state index in [1.165, 1.54) is 18.2 Å². The second-order valence-corrected chi connectivity index (χ2v) is 7.18. The number of benzene rings is 2. The van der Waals surface area contributed by atoms with Crippen molar-refractivity contribution in [3.05, 3.63) is 80.6 Å². The Hall–Kier alpha value is -3.04. The zero-order chi connectivity index (χ0) is 18.7. The van der Waals surface area contributed by atoms with Crippen LogP contribution in [0.5, 0.6) is 11.5 Å². The molecule has 0 aliphatic heterocycles. The van der Waals surface area contributed by atoms with Crippen LogP contribution < -0.4 is 20.7 Å². The van der Waals surface area contributed by atoms with Gasteiger partial charge in [-0.2, -0.15) is 0 Å². The molecule has 0 radical (unpaired) electrons. The predicted octanol–water partition coefficient (Wildman–Crippen LogP) is 2.31. The molecule has 0 aliphatic rings. The van der Waals surface area contributed by atoms with Crippen LogP contribution in [0.25, 0.3) is 0 Å². The van der Waals surface area contributed by atoms with E-state index in [9.17, 15) is 18.0 Å². The molecule has 134 valence electrons. The van der Waals surface area contributed by atoms with Gasteiger partial charge in [-0.3, -0.25) is 14.5 Å². The van der Waals surface area contributed by atoms with Crippen LogP contribution in [0.15, 0.2) is 69.2 Å². The molecule has 0 unspecified atom stereocenters. The summed E-state index contributed by atoms with van der Waals surface area (Å²) in [5.41, 5.74) is -1.83. The van der Waals surface area contributed by atoms with Crippen LogP contribution in [0.2, 0.25) is 5.02 Å². The molecule has 1 heterocycles. The molecule has 10 heteroatoms. The molecule has 0 spiro atoms. The van der Waals surface area contributed by atoms with Crippen molar-refractivity contribution in [3.63, 3.8) is 0 Å². The Morgan fingerprint density at radius 2 is 1.77 bits per heavy atom. The lowest BCUT2D eigenvalue weighted by molar-refractivity contribution is 0.485. The summed E-state index contributed by atoms with van der Waals surface area (Å²) < 4.78 is 32.9. The number of sulfonamides is 1. The van der Waals surface area contributed by atoms with Crippen molar-refractivity contribution >= 4 is 27.3 Å². The molecule has 0 aliphatic carbocycles. The van der Waals surface area contributed by atoms with Crippen molar-refractivity contribution in [1.82, 2.24) is 9.97 Å². The molecule has 1 aromatic heterocycles. The fourth-order valence-corrected chi connectivity index (χ4v) is 3.32. The molecule has 0 atom stereocenters. The molecule has 26 heavy (non-hydrogen) atoms. The first kappa shape index (κ1) is 17.8. The summed E-state index contributed by atoms with van der Waals surface area (Å²) in [6.45, 7) is 0. The monoisotopic (exact) mass is 393 g/mol. The minimum absolute atomic E-state index is 0.0342. The van der Waals surface area contributed by atoms with Gasteiger partial charge in [-0.25, -0.2) is 13.2 Å². The Morgan fingerprint density at radius 1 is 1.04 bits per heavy atom. The number of halogens is 1. The lowest BCUT2D eigenvalue weighted by atomic mass is 10.3. The SMILES string of the molecule is O=c1[nH]cc(S(=O)(=O)Nc2cc(Cl)ccc2Oc2ccccc2)c(=O)[nH]1. The number of rotatable bonds is 5. The third-order valence-corrected chi connectivity index (χ3v) is 4.84. The fourth-order valence-electron chi connectivity index (χ4n) is 2.08. The first-order valence-electron chi connectivity index (χ1n) is 7.22. The number of nitrogens with one attached hydrogen (secondary N) is 3. The largest absolute Gasteiger partial charge is 0.455 e. The van der Waals surface area contributed by atoms with Crippen LogP contribution >= 0.6 is 11.6 Å². The van der Waals surface area contributed by atoms with Gasteiger partial charge >= 0.3 is 5.69 Å². The molecular weight excluding hydrogens is 382 g/mol. The minimum atomic E-state index is -4.29. The molecule has 0 amide bonds. The van der Waals surface area contributed by atoms with Gasteiger partial charge in [0.1, 0.15) is 5.75 Å². The molecule has 3 N–H and O–H groups in total. The second kappa shape index (κ2) is 7.06. The van der Waals surface area contributed by atoms with Crippen LogP contribution in [0.3, 0.4) is 0 Å². The molecule has 3 aromatic rings. The Bertz CT molecular complexity index is 1160. The number of para-hydroxylation sites is 1. The highest BCUT2D eigenvalue weighted by atomic mass is 35.5. The van der Waals surface area contributed by atoms with E-state index < -0.39 is 26.2 Å². The Morgan fingerprint density at radius 3 is 2.46 bits per heavy atom. The van der Waals surface area contributed by atoms with Crippen LogP contribution in [0, 0.1) is 0 Å². The molecule has 0 bridgehead atoms. The summed E-state index contributed by atoms with van der Waals surface area (Å²) in [4.78, 5) is 26.1. The number of ether oxygens (including phenoxy) is 1. The highest BCUT2D eigenvalue weighted by molar-refractivity contribution is 7.92. The predicted molar refractivity (Wildman–Crippen MR) is 96.5 cm³/mol. The van der Waals surface area contributed by atoms with Gasteiger partial charge in [0.15, 0.2) is 10.6 Å². The van der Waals surface area contributed by atoms with Crippen LogP contribution in [0.1, 0.15) is 0 Å². The van der Waals surface area contributed by atoms with E-state index in [-0.39, 0.29) is 16.5 Å². The maximum absolute atomic E-state index is 12.5. The van der Waals surface area contributed by atoms with Crippen molar-refractivity contribution in [2.75, 3.05) is 4.72 Å². The fraction of sp³-hybridized carbons (Fsp3) is 0. The molecule has 0 saturated carbocycles. The Balaban J connectivity index is 1.99. The van der Waals surface area contributed by atoms with Crippen LogP contribution in [0.4, 0.5) is 5.69 Å². The lowest BCUT2D eigenvalue weighted by Gasteiger charge is -2.13. The lowest BCUT2D eigenvalue weighted by Crippen LogP contribution is -2.29. The molecule has 8 nitrogen and oxygen atoms in total. The van der Waals surface area contributed by atoms with Crippen molar-refractivity contribution < 1.29 is 13.2 Å². The van der Waals surface area contributed by atoms with Gasteiger partial charge in [0.25, 0.3) is 15.6 Å². The smallest absolute Gasteiger partial charge is 0.325 e. The third kappa shape index (κ3) is 3.95. The van der Waals surface area contributed by atoms with E-state index >= 15 is 0 Å². The van der Waals surface area contributed by atoms with Gasteiger partial charge in [-0.05, 0) is 30.3 Å².